The summed E-state index contributed by atoms with van der Waals surface area (Å²) in [5.41, 5.74) is 3.16. The Morgan fingerprint density at radius 1 is 1.00 bits per heavy atom. The van der Waals surface area contributed by atoms with Crippen LogP contribution < -0.4 is 0 Å². The third kappa shape index (κ3) is 9.87. The highest BCUT2D eigenvalue weighted by atomic mass is 19.4. The molecule has 9 nitrogen and oxygen atoms in total. The SMILES string of the molecule is Cc1cccc(CN2C[C@H](OCc3ccccn3)[C@H]3COC[C@H]32)n1.O=C(O)C(F)(F)F.O=C(O)C(F)(F)F. The molecule has 4 rings (SSSR count). The van der Waals surface area contributed by atoms with Gasteiger partial charge in [-0.25, -0.2) is 9.59 Å². The molecule has 0 unspecified atom stereocenters. The van der Waals surface area contributed by atoms with Crippen LogP contribution in [-0.4, -0.2) is 81.3 Å². The molecule has 2 N–H and O–H groups in total. The van der Waals surface area contributed by atoms with Gasteiger partial charge in [0.15, 0.2) is 0 Å². The van der Waals surface area contributed by atoms with Crippen molar-refractivity contribution in [2.75, 3.05) is 19.8 Å². The molecule has 2 saturated heterocycles. The number of aryl methyl sites for hydroxylation is 1. The average Bonchev–Trinajstić information content (AvgIpc) is 3.42. The number of halogens is 6. The lowest BCUT2D eigenvalue weighted by Crippen LogP contribution is -2.32. The van der Waals surface area contributed by atoms with Crippen LogP contribution in [-0.2, 0) is 32.2 Å². The van der Waals surface area contributed by atoms with E-state index in [2.05, 4.69) is 27.0 Å². The van der Waals surface area contributed by atoms with Crippen molar-refractivity contribution < 1.29 is 55.6 Å². The Morgan fingerprint density at radius 3 is 2.13 bits per heavy atom. The summed E-state index contributed by atoms with van der Waals surface area (Å²) in [5.74, 6) is -5.07. The van der Waals surface area contributed by atoms with Gasteiger partial charge in [-0.1, -0.05) is 12.1 Å². The maximum atomic E-state index is 10.6. The predicted octanol–water partition coefficient (Wildman–Crippen LogP) is 3.47. The third-order valence-electron chi connectivity index (χ3n) is 5.42. The molecule has 0 saturated carbocycles. The Labute approximate surface area is 213 Å². The van der Waals surface area contributed by atoms with Gasteiger partial charge >= 0.3 is 24.3 Å². The van der Waals surface area contributed by atoms with Crippen LogP contribution in [0.3, 0.4) is 0 Å². The summed E-state index contributed by atoms with van der Waals surface area (Å²) in [6.45, 7) is 5.96. The molecule has 210 valence electrons. The summed E-state index contributed by atoms with van der Waals surface area (Å²) in [7, 11) is 0. The first-order valence-corrected chi connectivity index (χ1v) is 11.0. The number of pyridine rings is 2. The molecule has 3 atom stereocenters. The van der Waals surface area contributed by atoms with Crippen molar-refractivity contribution in [1.29, 1.82) is 0 Å². The lowest BCUT2D eigenvalue weighted by atomic mass is 10.0. The molecule has 0 spiro atoms. The summed E-state index contributed by atoms with van der Waals surface area (Å²) in [6, 6.07) is 12.6. The molecule has 0 amide bonds. The van der Waals surface area contributed by atoms with E-state index >= 15 is 0 Å². The zero-order chi connectivity index (χ0) is 28.5. The molecular formula is C23H25F6N3O6. The second kappa shape index (κ2) is 13.5. The first-order chi connectivity index (χ1) is 17.7. The number of aromatic nitrogens is 2. The number of hydrogen-bond donors (Lipinski definition) is 2. The van der Waals surface area contributed by atoms with Gasteiger partial charge < -0.3 is 19.7 Å². The first-order valence-electron chi connectivity index (χ1n) is 11.0. The number of carboxylic acid groups (broad SMARTS) is 2. The fourth-order valence-electron chi connectivity index (χ4n) is 3.72. The van der Waals surface area contributed by atoms with Crippen LogP contribution in [0.5, 0.6) is 0 Å². The van der Waals surface area contributed by atoms with Gasteiger partial charge in [-0.3, -0.25) is 14.9 Å². The van der Waals surface area contributed by atoms with Crippen molar-refractivity contribution in [2.24, 2.45) is 5.92 Å². The number of fused-ring (bicyclic) bond motifs is 1. The van der Waals surface area contributed by atoms with Crippen LogP contribution in [0.25, 0.3) is 0 Å². The molecule has 0 radical (unpaired) electrons. The number of aliphatic carboxylic acids is 2. The number of ether oxygens (including phenoxy) is 2. The quantitative estimate of drug-likeness (QED) is 0.536. The van der Waals surface area contributed by atoms with E-state index in [-0.39, 0.29) is 6.10 Å². The van der Waals surface area contributed by atoms with Crippen LogP contribution in [0.4, 0.5) is 26.3 Å². The maximum absolute atomic E-state index is 10.6. The minimum atomic E-state index is -5.08. The molecule has 2 aromatic rings. The van der Waals surface area contributed by atoms with Crippen LogP contribution in [0.15, 0.2) is 42.6 Å². The minimum absolute atomic E-state index is 0.198. The molecule has 2 aromatic heterocycles. The summed E-state index contributed by atoms with van der Waals surface area (Å²) in [4.78, 5) is 29.2. The third-order valence-corrected chi connectivity index (χ3v) is 5.42. The lowest BCUT2D eigenvalue weighted by Gasteiger charge is -2.21. The molecule has 0 aliphatic carbocycles. The van der Waals surface area contributed by atoms with Gasteiger partial charge in [-0.15, -0.1) is 0 Å². The monoisotopic (exact) mass is 553 g/mol. The number of nitrogens with zero attached hydrogens (tertiary/aromatic N) is 3. The van der Waals surface area contributed by atoms with E-state index in [1.807, 2.05) is 37.4 Å². The van der Waals surface area contributed by atoms with Gasteiger partial charge in [-0.2, -0.15) is 26.3 Å². The second-order valence-electron chi connectivity index (χ2n) is 8.24. The number of likely N-dealkylation sites (tertiary alicyclic amines) is 1. The largest absolute Gasteiger partial charge is 0.490 e. The fourth-order valence-corrected chi connectivity index (χ4v) is 3.72. The molecule has 2 fully saturated rings. The fraction of sp³-hybridized carbons (Fsp3) is 0.478. The Kier molecular flexibility index (Phi) is 11.0. The lowest BCUT2D eigenvalue weighted by molar-refractivity contribution is -0.193. The Balaban J connectivity index is 0.000000301. The van der Waals surface area contributed by atoms with Gasteiger partial charge in [0.05, 0.1) is 37.3 Å². The van der Waals surface area contributed by atoms with Crippen LogP contribution in [0.2, 0.25) is 0 Å². The van der Waals surface area contributed by atoms with Gasteiger partial charge in [0.1, 0.15) is 0 Å². The van der Waals surface area contributed by atoms with Gasteiger partial charge in [0.25, 0.3) is 0 Å². The molecular weight excluding hydrogens is 528 g/mol. The van der Waals surface area contributed by atoms with Crippen molar-refractivity contribution in [3.63, 3.8) is 0 Å². The molecule has 38 heavy (non-hydrogen) atoms. The molecule has 2 aliphatic heterocycles. The molecule has 15 heteroatoms. The molecule has 2 aliphatic rings. The van der Waals surface area contributed by atoms with Crippen molar-refractivity contribution in [1.82, 2.24) is 14.9 Å². The highest BCUT2D eigenvalue weighted by Crippen LogP contribution is 2.33. The van der Waals surface area contributed by atoms with Crippen molar-refractivity contribution in [3.8, 4) is 0 Å². The molecule has 4 heterocycles. The summed E-state index contributed by atoms with van der Waals surface area (Å²) >= 11 is 0. The van der Waals surface area contributed by atoms with Crippen molar-refractivity contribution in [2.45, 2.75) is 44.6 Å². The molecule has 0 bridgehead atoms. The number of alkyl halides is 6. The Bertz CT molecular complexity index is 1030. The Hall–Kier alpha value is -3.30. The van der Waals surface area contributed by atoms with E-state index < -0.39 is 24.3 Å². The highest BCUT2D eigenvalue weighted by Gasteiger charge is 2.46. The van der Waals surface area contributed by atoms with E-state index in [1.54, 1.807) is 0 Å². The average molecular weight is 553 g/mol. The number of carboxylic acids is 2. The summed E-state index contributed by atoms with van der Waals surface area (Å²) < 4.78 is 75.4. The van der Waals surface area contributed by atoms with Gasteiger partial charge in [0.2, 0.25) is 0 Å². The highest BCUT2D eigenvalue weighted by molar-refractivity contribution is 5.73. The first kappa shape index (κ1) is 30.9. The Morgan fingerprint density at radius 2 is 1.61 bits per heavy atom. The maximum Gasteiger partial charge on any atom is 0.490 e. The van der Waals surface area contributed by atoms with E-state index in [9.17, 15) is 26.3 Å². The standard InChI is InChI=1S/C19H23N3O2.2C2HF3O2/c1-14-5-4-7-15(21-14)9-22-10-19(17-12-23-13-18(17)22)24-11-16-6-2-3-8-20-16;2*3-2(4,5)1(6)7/h2-8,17-19H,9-13H2,1H3;2*(H,6,7)/t17-,18+,19-;;/m0../s1. The zero-order valence-electron chi connectivity index (χ0n) is 19.9. The van der Waals surface area contributed by atoms with E-state index in [0.29, 0.717) is 18.6 Å². The van der Waals surface area contributed by atoms with Crippen molar-refractivity contribution >= 4 is 11.9 Å². The van der Waals surface area contributed by atoms with E-state index in [0.717, 1.165) is 43.4 Å². The predicted molar refractivity (Wildman–Crippen MR) is 118 cm³/mol. The molecule has 0 aromatic carbocycles. The smallest absolute Gasteiger partial charge is 0.475 e. The summed E-state index contributed by atoms with van der Waals surface area (Å²) in [5, 5.41) is 14.2. The number of hydrogen-bond acceptors (Lipinski definition) is 7. The van der Waals surface area contributed by atoms with E-state index in [4.69, 9.17) is 29.3 Å². The topological polar surface area (TPSA) is 122 Å². The second-order valence-corrected chi connectivity index (χ2v) is 8.24. The normalized spacial score (nSPS) is 21.0. The van der Waals surface area contributed by atoms with Crippen LogP contribution in [0.1, 0.15) is 17.1 Å². The minimum Gasteiger partial charge on any atom is -0.475 e. The van der Waals surface area contributed by atoms with Gasteiger partial charge in [0, 0.05) is 36.9 Å². The van der Waals surface area contributed by atoms with Gasteiger partial charge in [-0.05, 0) is 31.2 Å². The number of rotatable bonds is 5. The van der Waals surface area contributed by atoms with Crippen LogP contribution >= 0.6 is 0 Å². The summed E-state index contributed by atoms with van der Waals surface area (Å²) in [6.07, 6.45) is -8.16. The van der Waals surface area contributed by atoms with Crippen molar-refractivity contribution in [3.05, 3.63) is 59.7 Å². The van der Waals surface area contributed by atoms with E-state index in [1.165, 1.54) is 0 Å². The van der Waals surface area contributed by atoms with Crippen LogP contribution in [0, 0.1) is 12.8 Å². The number of carbonyl (C=O) groups is 2. The zero-order valence-corrected chi connectivity index (χ0v) is 19.9.